The topological polar surface area (TPSA) is 9.23 Å². The van der Waals surface area contributed by atoms with E-state index in [4.69, 9.17) is 4.74 Å². The second kappa shape index (κ2) is 15.1. The number of hydrogen-bond acceptors (Lipinski definition) is 1. The van der Waals surface area contributed by atoms with Crippen molar-refractivity contribution >= 4 is 0 Å². The summed E-state index contributed by atoms with van der Waals surface area (Å²) in [4.78, 5) is 0. The Balaban J connectivity index is 1.05. The van der Waals surface area contributed by atoms with Crippen LogP contribution in [-0.4, -0.2) is 0 Å². The fourth-order valence-corrected chi connectivity index (χ4v) is 13.2. The first-order chi connectivity index (χ1) is 25.7. The van der Waals surface area contributed by atoms with Crippen molar-refractivity contribution < 1.29 is 4.74 Å². The molecular formula is C52H66O. The Bertz CT molecular complexity index is 1690. The lowest BCUT2D eigenvalue weighted by Gasteiger charge is -2.63. The van der Waals surface area contributed by atoms with E-state index < -0.39 is 0 Å². The third kappa shape index (κ3) is 7.05. The first kappa shape index (κ1) is 36.6. The SMILES string of the molecule is CC(C)CCCC(C)C1CCC2C3CCC4CC(c5ccc(Cc6ccccc6)cc5)(c5ccc(Oc6ccccc6)cc5)CCC4(C)C3CCC12C. The molecule has 4 aromatic rings. The first-order valence-corrected chi connectivity index (χ1v) is 21.6. The Morgan fingerprint density at radius 2 is 1.21 bits per heavy atom. The zero-order chi connectivity index (χ0) is 36.6. The maximum Gasteiger partial charge on any atom is 0.127 e. The smallest absolute Gasteiger partial charge is 0.127 e. The van der Waals surface area contributed by atoms with Gasteiger partial charge in [-0.05, 0) is 163 Å². The van der Waals surface area contributed by atoms with Crippen LogP contribution in [-0.2, 0) is 11.8 Å². The fraction of sp³-hybridized carbons (Fsp3) is 0.538. The van der Waals surface area contributed by atoms with Crippen LogP contribution in [0.5, 0.6) is 11.5 Å². The highest BCUT2D eigenvalue weighted by Gasteiger charge is 2.62. The molecule has 0 spiro atoms. The lowest BCUT2D eigenvalue weighted by molar-refractivity contribution is -0.122. The normalized spacial score (nSPS) is 32.8. The van der Waals surface area contributed by atoms with Crippen LogP contribution in [0.1, 0.15) is 134 Å². The molecule has 0 heterocycles. The van der Waals surface area contributed by atoms with E-state index >= 15 is 0 Å². The summed E-state index contributed by atoms with van der Waals surface area (Å²) in [5.74, 6) is 7.99. The van der Waals surface area contributed by atoms with Crippen molar-refractivity contribution in [2.24, 2.45) is 52.3 Å². The van der Waals surface area contributed by atoms with Crippen molar-refractivity contribution in [2.75, 3.05) is 0 Å². The van der Waals surface area contributed by atoms with Crippen molar-refractivity contribution in [3.05, 3.63) is 131 Å². The number of fused-ring (bicyclic) bond motifs is 5. The van der Waals surface area contributed by atoms with Gasteiger partial charge in [-0.25, -0.2) is 0 Å². The summed E-state index contributed by atoms with van der Waals surface area (Å²) >= 11 is 0. The van der Waals surface area contributed by atoms with Crippen molar-refractivity contribution in [1.82, 2.24) is 0 Å². The van der Waals surface area contributed by atoms with Gasteiger partial charge in [-0.1, -0.05) is 139 Å². The lowest BCUT2D eigenvalue weighted by atomic mass is 9.42. The Morgan fingerprint density at radius 3 is 1.91 bits per heavy atom. The van der Waals surface area contributed by atoms with Crippen LogP contribution in [0.2, 0.25) is 0 Å². The zero-order valence-electron chi connectivity index (χ0n) is 33.5. The van der Waals surface area contributed by atoms with Crippen LogP contribution < -0.4 is 4.74 Å². The Morgan fingerprint density at radius 1 is 0.585 bits per heavy atom. The van der Waals surface area contributed by atoms with Gasteiger partial charge in [0.25, 0.3) is 0 Å². The maximum atomic E-state index is 6.29. The molecule has 9 unspecified atom stereocenters. The number of rotatable bonds is 11. The summed E-state index contributed by atoms with van der Waals surface area (Å²) in [6, 6.07) is 40.2. The third-order valence-electron chi connectivity index (χ3n) is 16.1. The molecule has 53 heavy (non-hydrogen) atoms. The molecule has 0 N–H and O–H groups in total. The summed E-state index contributed by atoms with van der Waals surface area (Å²) in [5.41, 5.74) is 6.80. The van der Waals surface area contributed by atoms with Crippen molar-refractivity contribution in [2.45, 2.75) is 124 Å². The van der Waals surface area contributed by atoms with E-state index in [1.165, 1.54) is 99.3 Å². The standard InChI is InChI=1S/C52H66O/c1-37(2)13-12-14-38(3)47-29-30-48-46-28-25-43-36-52(34-33-50(43,4)49(46)31-32-51(47,48)5,41-21-19-40(20-22-41)35-39-15-8-6-9-16-39)42-23-26-45(27-24-42)53-44-17-10-7-11-18-44/h6-11,15-24,26-27,37-38,43,46-49H,12-14,25,28-36H2,1-5H3. The van der Waals surface area contributed by atoms with E-state index in [0.717, 1.165) is 59.3 Å². The Labute approximate surface area is 322 Å². The van der Waals surface area contributed by atoms with Crippen LogP contribution in [0.15, 0.2) is 109 Å². The molecule has 4 fully saturated rings. The minimum absolute atomic E-state index is 0.0284. The Hall–Kier alpha value is -3.32. The van der Waals surface area contributed by atoms with Crippen LogP contribution in [0, 0.1) is 52.3 Å². The molecule has 8 rings (SSSR count). The molecule has 1 nitrogen and oxygen atoms in total. The minimum Gasteiger partial charge on any atom is -0.457 e. The maximum absolute atomic E-state index is 6.29. The zero-order valence-corrected chi connectivity index (χ0v) is 33.5. The average molecular weight is 707 g/mol. The molecule has 280 valence electrons. The minimum atomic E-state index is 0.0284. The molecule has 0 aromatic heterocycles. The van der Waals surface area contributed by atoms with Crippen molar-refractivity contribution in [1.29, 1.82) is 0 Å². The molecule has 4 aliphatic carbocycles. The molecule has 0 bridgehead atoms. The van der Waals surface area contributed by atoms with Crippen LogP contribution in [0.3, 0.4) is 0 Å². The third-order valence-corrected chi connectivity index (χ3v) is 16.1. The van der Waals surface area contributed by atoms with E-state index in [-0.39, 0.29) is 5.41 Å². The van der Waals surface area contributed by atoms with Gasteiger partial charge in [-0.2, -0.15) is 0 Å². The molecule has 4 saturated carbocycles. The van der Waals surface area contributed by atoms with Crippen LogP contribution in [0.25, 0.3) is 0 Å². The fourth-order valence-electron chi connectivity index (χ4n) is 13.2. The number of para-hydroxylation sites is 1. The summed E-state index contributed by atoms with van der Waals surface area (Å²) < 4.78 is 6.29. The molecule has 0 saturated heterocycles. The molecule has 4 aromatic carbocycles. The quantitative estimate of drug-likeness (QED) is 0.151. The molecule has 0 aliphatic heterocycles. The van der Waals surface area contributed by atoms with Crippen molar-refractivity contribution in [3.8, 4) is 11.5 Å². The molecule has 0 amide bonds. The van der Waals surface area contributed by atoms with E-state index in [2.05, 4.69) is 113 Å². The summed E-state index contributed by atoms with van der Waals surface area (Å²) in [6.45, 7) is 12.9. The van der Waals surface area contributed by atoms with Gasteiger partial charge < -0.3 is 4.74 Å². The molecule has 4 aliphatic rings. The van der Waals surface area contributed by atoms with Gasteiger partial charge >= 0.3 is 0 Å². The summed E-state index contributed by atoms with van der Waals surface area (Å²) in [7, 11) is 0. The average Bonchev–Trinajstić information content (AvgIpc) is 3.53. The van der Waals surface area contributed by atoms with Crippen molar-refractivity contribution in [3.63, 3.8) is 0 Å². The van der Waals surface area contributed by atoms with Gasteiger partial charge in [0.1, 0.15) is 11.5 Å². The number of benzene rings is 4. The van der Waals surface area contributed by atoms with E-state index in [1.807, 2.05) is 30.3 Å². The highest BCUT2D eigenvalue weighted by Crippen LogP contribution is 2.70. The van der Waals surface area contributed by atoms with Crippen LogP contribution >= 0.6 is 0 Å². The van der Waals surface area contributed by atoms with Gasteiger partial charge in [0.15, 0.2) is 0 Å². The number of hydrogen-bond donors (Lipinski definition) is 0. The molecular weight excluding hydrogens is 641 g/mol. The van der Waals surface area contributed by atoms with E-state index in [9.17, 15) is 0 Å². The van der Waals surface area contributed by atoms with Gasteiger partial charge in [0.2, 0.25) is 0 Å². The largest absolute Gasteiger partial charge is 0.457 e. The summed E-state index contributed by atoms with van der Waals surface area (Å²) in [6.07, 6.45) is 17.9. The predicted molar refractivity (Wildman–Crippen MR) is 222 cm³/mol. The van der Waals surface area contributed by atoms with E-state index in [0.29, 0.717) is 10.8 Å². The summed E-state index contributed by atoms with van der Waals surface area (Å²) in [5, 5.41) is 0. The van der Waals surface area contributed by atoms with Gasteiger partial charge in [0, 0.05) is 5.41 Å². The molecule has 0 radical (unpaired) electrons. The van der Waals surface area contributed by atoms with Gasteiger partial charge in [-0.3, -0.25) is 0 Å². The molecule has 1 heteroatoms. The monoisotopic (exact) mass is 707 g/mol. The highest BCUT2D eigenvalue weighted by molar-refractivity contribution is 5.45. The molecule has 9 atom stereocenters. The van der Waals surface area contributed by atoms with Crippen LogP contribution in [0.4, 0.5) is 0 Å². The first-order valence-electron chi connectivity index (χ1n) is 21.6. The van der Waals surface area contributed by atoms with E-state index in [1.54, 1.807) is 0 Å². The predicted octanol–water partition coefficient (Wildman–Crippen LogP) is 14.5. The van der Waals surface area contributed by atoms with Gasteiger partial charge in [0.05, 0.1) is 0 Å². The second-order valence-corrected chi connectivity index (χ2v) is 19.3. The Kier molecular flexibility index (Phi) is 10.4. The number of ether oxygens (including phenoxy) is 1. The van der Waals surface area contributed by atoms with Gasteiger partial charge in [-0.15, -0.1) is 0 Å². The highest BCUT2D eigenvalue weighted by atomic mass is 16.5. The second-order valence-electron chi connectivity index (χ2n) is 19.3. The lowest BCUT2D eigenvalue weighted by Crippen LogP contribution is -2.55.